The van der Waals surface area contributed by atoms with Crippen LogP contribution < -0.4 is 21.6 Å². The molecule has 3 N–H and O–H groups in total. The van der Waals surface area contributed by atoms with E-state index in [4.69, 9.17) is 8.83 Å². The van der Waals surface area contributed by atoms with Gasteiger partial charge in [0.15, 0.2) is 5.69 Å². The molecule has 0 aliphatic heterocycles. The zero-order chi connectivity index (χ0) is 18.6. The molecule has 2 heterocycles. The summed E-state index contributed by atoms with van der Waals surface area (Å²) in [5, 5.41) is 9.54. The quantitative estimate of drug-likeness (QED) is 0.591. The molecule has 1 saturated carbocycles. The van der Waals surface area contributed by atoms with Crippen molar-refractivity contribution in [3.63, 3.8) is 0 Å². The number of carbonyl (C=O) groups excluding carboxylic acids is 1. The van der Waals surface area contributed by atoms with Crippen LogP contribution in [0.4, 0.5) is 16.2 Å². The third-order valence-electron chi connectivity index (χ3n) is 4.76. The maximum atomic E-state index is 12.5. The minimum Gasteiger partial charge on any atom is -0.467 e. The minimum atomic E-state index is -0.581. The van der Waals surface area contributed by atoms with Crippen LogP contribution in [0.15, 0.2) is 56.3 Å². The number of fused-ring (bicyclic) bond motifs is 1. The molecular weight excluding hydrogens is 346 g/mol. The average Bonchev–Trinajstić information content (AvgIpc) is 3.36. The van der Waals surface area contributed by atoms with Crippen LogP contribution in [0.5, 0.6) is 0 Å². The Kier molecular flexibility index (Phi) is 4.82. The van der Waals surface area contributed by atoms with Gasteiger partial charge >= 0.3 is 11.7 Å². The SMILES string of the molecule is O=C(NCc1ccco1)Nc1c(NC2CCCC2)c2ccccc2oc1=O. The van der Waals surface area contributed by atoms with Gasteiger partial charge in [-0.15, -0.1) is 0 Å². The highest BCUT2D eigenvalue weighted by Gasteiger charge is 2.21. The first-order chi connectivity index (χ1) is 13.2. The Morgan fingerprint density at radius 2 is 1.89 bits per heavy atom. The lowest BCUT2D eigenvalue weighted by atomic mass is 10.1. The van der Waals surface area contributed by atoms with E-state index in [1.165, 1.54) is 6.26 Å². The number of anilines is 2. The first-order valence-corrected chi connectivity index (χ1v) is 9.10. The van der Waals surface area contributed by atoms with E-state index in [1.54, 1.807) is 18.2 Å². The standard InChI is InChI=1S/C20H21N3O4/c24-19-18(23-20(25)21-12-14-8-5-11-26-14)17(22-13-6-1-2-7-13)15-9-3-4-10-16(15)27-19/h3-5,8-11,13,22H,1-2,6-7,12H2,(H2,21,23,25). The Morgan fingerprint density at radius 3 is 2.67 bits per heavy atom. The van der Waals surface area contributed by atoms with Crippen LogP contribution in [0.1, 0.15) is 31.4 Å². The van der Waals surface area contributed by atoms with Gasteiger partial charge in [-0.3, -0.25) is 5.32 Å². The van der Waals surface area contributed by atoms with Crippen molar-refractivity contribution < 1.29 is 13.6 Å². The number of nitrogens with one attached hydrogen (secondary N) is 3. The van der Waals surface area contributed by atoms with Crippen LogP contribution in [0.2, 0.25) is 0 Å². The van der Waals surface area contributed by atoms with E-state index in [-0.39, 0.29) is 18.3 Å². The van der Waals surface area contributed by atoms with Gasteiger partial charge in [-0.1, -0.05) is 25.0 Å². The molecule has 0 saturated heterocycles. The third kappa shape index (κ3) is 3.81. The number of urea groups is 1. The largest absolute Gasteiger partial charge is 0.467 e. The van der Waals surface area contributed by atoms with Gasteiger partial charge < -0.3 is 19.5 Å². The van der Waals surface area contributed by atoms with Gasteiger partial charge in [0.2, 0.25) is 0 Å². The lowest BCUT2D eigenvalue weighted by Crippen LogP contribution is -2.31. The second-order valence-electron chi connectivity index (χ2n) is 6.65. The van der Waals surface area contributed by atoms with Crippen LogP contribution in [-0.4, -0.2) is 12.1 Å². The molecule has 0 unspecified atom stereocenters. The maximum absolute atomic E-state index is 12.5. The van der Waals surface area contributed by atoms with Gasteiger partial charge in [-0.25, -0.2) is 9.59 Å². The van der Waals surface area contributed by atoms with Crippen LogP contribution in [0.25, 0.3) is 11.0 Å². The van der Waals surface area contributed by atoms with Gasteiger partial charge in [0.05, 0.1) is 18.5 Å². The van der Waals surface area contributed by atoms with Crippen LogP contribution in [0, 0.1) is 0 Å². The van der Waals surface area contributed by atoms with Crippen molar-refractivity contribution in [1.82, 2.24) is 5.32 Å². The van der Waals surface area contributed by atoms with E-state index in [0.717, 1.165) is 31.1 Å². The van der Waals surface area contributed by atoms with Gasteiger partial charge in [-0.05, 0) is 37.1 Å². The number of benzene rings is 1. The number of furan rings is 1. The predicted molar refractivity (Wildman–Crippen MR) is 103 cm³/mol. The van der Waals surface area contributed by atoms with Crippen molar-refractivity contribution in [2.75, 3.05) is 10.6 Å². The molecule has 3 aromatic rings. The van der Waals surface area contributed by atoms with E-state index < -0.39 is 11.7 Å². The lowest BCUT2D eigenvalue weighted by Gasteiger charge is -2.18. The monoisotopic (exact) mass is 367 g/mol. The lowest BCUT2D eigenvalue weighted by molar-refractivity contribution is 0.250. The molecular formula is C20H21N3O4. The molecule has 0 spiro atoms. The molecule has 0 bridgehead atoms. The van der Waals surface area contributed by atoms with Crippen LogP contribution >= 0.6 is 0 Å². The van der Waals surface area contributed by atoms with E-state index >= 15 is 0 Å². The summed E-state index contributed by atoms with van der Waals surface area (Å²) in [6.07, 6.45) is 5.93. The number of hydrogen-bond donors (Lipinski definition) is 3. The van der Waals surface area contributed by atoms with Crippen molar-refractivity contribution in [3.05, 3.63) is 58.8 Å². The smallest absolute Gasteiger partial charge is 0.362 e. The molecule has 0 atom stereocenters. The maximum Gasteiger partial charge on any atom is 0.362 e. The molecule has 27 heavy (non-hydrogen) atoms. The summed E-state index contributed by atoms with van der Waals surface area (Å²) in [5.41, 5.74) is 0.645. The first-order valence-electron chi connectivity index (χ1n) is 9.10. The molecule has 1 aromatic carbocycles. The summed E-state index contributed by atoms with van der Waals surface area (Å²) < 4.78 is 10.6. The molecule has 0 radical (unpaired) electrons. The summed E-state index contributed by atoms with van der Waals surface area (Å²) in [7, 11) is 0. The molecule has 7 heteroatoms. The van der Waals surface area contributed by atoms with Crippen molar-refractivity contribution in [2.24, 2.45) is 0 Å². The molecule has 2 amide bonds. The Hall–Kier alpha value is -3.22. The fourth-order valence-electron chi connectivity index (χ4n) is 3.43. The Balaban J connectivity index is 1.62. The van der Waals surface area contributed by atoms with Crippen molar-refractivity contribution >= 4 is 28.4 Å². The van der Waals surface area contributed by atoms with E-state index in [9.17, 15) is 9.59 Å². The highest BCUT2D eigenvalue weighted by Crippen LogP contribution is 2.32. The number of amides is 2. The Bertz CT molecular complexity index is 988. The molecule has 4 rings (SSSR count). The molecule has 1 fully saturated rings. The molecule has 1 aliphatic carbocycles. The molecule has 1 aliphatic rings. The van der Waals surface area contributed by atoms with Crippen molar-refractivity contribution in [1.29, 1.82) is 0 Å². The summed E-state index contributed by atoms with van der Waals surface area (Å²) >= 11 is 0. The second-order valence-corrected chi connectivity index (χ2v) is 6.65. The summed E-state index contributed by atoms with van der Waals surface area (Å²) in [5.74, 6) is 0.625. The minimum absolute atomic E-state index is 0.123. The van der Waals surface area contributed by atoms with E-state index in [0.29, 0.717) is 17.0 Å². The number of hydrogen-bond acceptors (Lipinski definition) is 5. The average molecular weight is 367 g/mol. The van der Waals surface area contributed by atoms with Crippen LogP contribution in [0.3, 0.4) is 0 Å². The summed E-state index contributed by atoms with van der Waals surface area (Å²) in [6.45, 7) is 0.225. The van der Waals surface area contributed by atoms with E-state index in [2.05, 4.69) is 16.0 Å². The van der Waals surface area contributed by atoms with Gasteiger partial charge in [0, 0.05) is 11.4 Å². The van der Waals surface area contributed by atoms with Gasteiger partial charge in [-0.2, -0.15) is 0 Å². The Labute approximate surface area is 155 Å². The summed E-state index contributed by atoms with van der Waals surface area (Å²) in [4.78, 5) is 24.8. The highest BCUT2D eigenvalue weighted by atomic mass is 16.4. The topological polar surface area (TPSA) is 96.5 Å². The van der Waals surface area contributed by atoms with Crippen molar-refractivity contribution in [2.45, 2.75) is 38.3 Å². The van der Waals surface area contributed by atoms with Crippen molar-refractivity contribution in [3.8, 4) is 0 Å². The zero-order valence-corrected chi connectivity index (χ0v) is 14.8. The van der Waals surface area contributed by atoms with Crippen LogP contribution in [-0.2, 0) is 6.54 Å². The predicted octanol–water partition coefficient (Wildman–Crippen LogP) is 4.06. The normalized spacial score (nSPS) is 14.4. The first kappa shape index (κ1) is 17.2. The number of carbonyl (C=O) groups is 1. The number of para-hydroxylation sites is 1. The van der Waals surface area contributed by atoms with E-state index in [1.807, 2.05) is 18.2 Å². The Morgan fingerprint density at radius 1 is 1.07 bits per heavy atom. The fourth-order valence-corrected chi connectivity index (χ4v) is 3.43. The third-order valence-corrected chi connectivity index (χ3v) is 4.76. The van der Waals surface area contributed by atoms with Gasteiger partial charge in [0.1, 0.15) is 11.3 Å². The zero-order valence-electron chi connectivity index (χ0n) is 14.8. The molecule has 2 aromatic heterocycles. The summed E-state index contributed by atoms with van der Waals surface area (Å²) in [6, 6.07) is 10.6. The molecule has 7 nitrogen and oxygen atoms in total. The second kappa shape index (κ2) is 7.57. The molecule has 140 valence electrons. The number of rotatable bonds is 5. The fraction of sp³-hybridized carbons (Fsp3) is 0.300. The highest BCUT2D eigenvalue weighted by molar-refractivity contribution is 6.01. The van der Waals surface area contributed by atoms with Gasteiger partial charge in [0.25, 0.3) is 0 Å².